The summed E-state index contributed by atoms with van der Waals surface area (Å²) in [4.78, 5) is 0. The minimum absolute atomic E-state index is 0.0407. The molecule has 0 saturated carbocycles. The van der Waals surface area contributed by atoms with Gasteiger partial charge in [0.1, 0.15) is 0 Å². The van der Waals surface area contributed by atoms with Crippen molar-refractivity contribution >= 4 is 17.3 Å². The Morgan fingerprint density at radius 1 is 1.64 bits per heavy atom. The second kappa shape index (κ2) is 4.14. The van der Waals surface area contributed by atoms with Crippen LogP contribution < -0.4 is 10.6 Å². The highest BCUT2D eigenvalue weighted by atomic mass is 32.1. The summed E-state index contributed by atoms with van der Waals surface area (Å²) in [5, 5.41) is 14.0. The molecule has 0 rings (SSSR count). The van der Waals surface area contributed by atoms with Crippen LogP contribution in [-0.2, 0) is 0 Å². The molecule has 0 fully saturated rings. The summed E-state index contributed by atoms with van der Waals surface area (Å²) >= 11 is 4.82. The molecule has 0 aromatic carbocycles. The molecule has 0 aromatic rings. The van der Waals surface area contributed by atoms with E-state index in [1.165, 1.54) is 0 Å². The van der Waals surface area contributed by atoms with Crippen LogP contribution in [0.3, 0.4) is 0 Å². The van der Waals surface area contributed by atoms with Gasteiger partial charge in [-0.1, -0.05) is 6.92 Å². The van der Waals surface area contributed by atoms with Gasteiger partial charge in [0.25, 0.3) is 0 Å². The molecule has 0 aliphatic rings. The van der Waals surface area contributed by atoms with E-state index in [9.17, 15) is 0 Å². The minimum atomic E-state index is -0.0407. The molecule has 0 amide bonds. The lowest BCUT2D eigenvalue weighted by Crippen LogP contribution is -2.46. The van der Waals surface area contributed by atoms with Gasteiger partial charge in [-0.25, -0.2) is 0 Å². The zero-order chi connectivity index (χ0) is 8.91. The third kappa shape index (κ3) is 4.57. The first-order valence-electron chi connectivity index (χ1n) is 3.49. The molecule has 0 radical (unpaired) electrons. The van der Waals surface area contributed by atoms with Crippen LogP contribution in [0.25, 0.3) is 0 Å². The highest BCUT2D eigenvalue weighted by molar-refractivity contribution is 7.80. The first-order chi connectivity index (χ1) is 5.02. The zero-order valence-electron chi connectivity index (χ0n) is 7.06. The Hall–Kier alpha value is -0.820. The first-order valence-corrected chi connectivity index (χ1v) is 3.90. The molecule has 11 heavy (non-hydrogen) atoms. The van der Waals surface area contributed by atoms with E-state index in [0.717, 1.165) is 6.42 Å². The van der Waals surface area contributed by atoms with Crippen molar-refractivity contribution in [3.05, 3.63) is 0 Å². The molecule has 3 nitrogen and oxygen atoms in total. The van der Waals surface area contributed by atoms with Crippen molar-refractivity contribution in [3.63, 3.8) is 0 Å². The summed E-state index contributed by atoms with van der Waals surface area (Å²) in [7, 11) is 0. The van der Waals surface area contributed by atoms with E-state index in [1.807, 2.05) is 13.8 Å². The van der Waals surface area contributed by atoms with Gasteiger partial charge in [0.05, 0.1) is 0 Å². The fourth-order valence-corrected chi connectivity index (χ4v) is 0.800. The summed E-state index contributed by atoms with van der Waals surface area (Å²) in [6.45, 7) is 6.11. The van der Waals surface area contributed by atoms with Gasteiger partial charge < -0.3 is 5.32 Å². The largest absolute Gasteiger partial charge is 0.357 e. The maximum absolute atomic E-state index is 8.22. The van der Waals surface area contributed by atoms with Crippen molar-refractivity contribution < 1.29 is 0 Å². The number of nitriles is 1. The van der Waals surface area contributed by atoms with E-state index < -0.39 is 0 Å². The van der Waals surface area contributed by atoms with Crippen LogP contribution in [0.4, 0.5) is 0 Å². The Morgan fingerprint density at radius 2 is 2.18 bits per heavy atom. The van der Waals surface area contributed by atoms with Crippen LogP contribution in [0.2, 0.25) is 0 Å². The van der Waals surface area contributed by atoms with Crippen LogP contribution in [0.5, 0.6) is 0 Å². The first kappa shape index (κ1) is 10.2. The fraction of sp³-hybridized carbons (Fsp3) is 0.714. The topological polar surface area (TPSA) is 47.8 Å². The number of nitrogens with one attached hydrogen (secondary N) is 2. The molecule has 0 aromatic heterocycles. The average Bonchev–Trinajstić information content (AvgIpc) is 1.87. The lowest BCUT2D eigenvalue weighted by Gasteiger charge is -2.25. The van der Waals surface area contributed by atoms with Gasteiger partial charge in [-0.15, -0.1) is 0 Å². The Bertz CT molecular complexity index is 181. The summed E-state index contributed by atoms with van der Waals surface area (Å²) < 4.78 is 0. The second-order valence-corrected chi connectivity index (χ2v) is 3.34. The molecule has 0 heterocycles. The van der Waals surface area contributed by atoms with Crippen molar-refractivity contribution in [2.75, 3.05) is 0 Å². The maximum atomic E-state index is 8.22. The van der Waals surface area contributed by atoms with Crippen molar-refractivity contribution in [1.29, 1.82) is 5.26 Å². The molecule has 0 unspecified atom stereocenters. The lowest BCUT2D eigenvalue weighted by atomic mass is 10.0. The number of hydrogen-bond acceptors (Lipinski definition) is 2. The summed E-state index contributed by atoms with van der Waals surface area (Å²) in [6, 6.07) is 0. The molecular weight excluding hydrogens is 158 g/mol. The van der Waals surface area contributed by atoms with E-state index >= 15 is 0 Å². The number of thiocarbonyl (C=S) groups is 1. The zero-order valence-corrected chi connectivity index (χ0v) is 7.88. The minimum Gasteiger partial charge on any atom is -0.357 e. The van der Waals surface area contributed by atoms with E-state index in [-0.39, 0.29) is 5.54 Å². The Labute approximate surface area is 72.8 Å². The van der Waals surface area contributed by atoms with Gasteiger partial charge in [-0.05, 0) is 32.5 Å². The van der Waals surface area contributed by atoms with Crippen LogP contribution in [-0.4, -0.2) is 10.7 Å². The summed E-state index contributed by atoms with van der Waals surface area (Å²) in [5.41, 5.74) is -0.0407. The summed E-state index contributed by atoms with van der Waals surface area (Å²) in [5.74, 6) is 0. The molecule has 0 aliphatic carbocycles. The Balaban J connectivity index is 3.86. The standard InChI is InChI=1S/C7H13N3S/c1-4-7(2,3)10-6(11)9-5-8/h4H2,1-3H3,(H2,9,10,11). The average molecular weight is 171 g/mol. The van der Waals surface area contributed by atoms with Gasteiger partial charge in [0.15, 0.2) is 11.3 Å². The van der Waals surface area contributed by atoms with Gasteiger partial charge in [0, 0.05) is 5.54 Å². The van der Waals surface area contributed by atoms with Crippen LogP contribution in [0.1, 0.15) is 27.2 Å². The predicted molar refractivity (Wildman–Crippen MR) is 48.9 cm³/mol. The third-order valence-corrected chi connectivity index (χ3v) is 1.71. The van der Waals surface area contributed by atoms with Gasteiger partial charge in [-0.2, -0.15) is 5.26 Å². The number of rotatable bonds is 2. The van der Waals surface area contributed by atoms with E-state index in [1.54, 1.807) is 6.19 Å². The van der Waals surface area contributed by atoms with Crippen molar-refractivity contribution in [3.8, 4) is 6.19 Å². The SMILES string of the molecule is CCC(C)(C)NC(=S)NC#N. The molecule has 0 bridgehead atoms. The van der Waals surface area contributed by atoms with Crippen LogP contribution >= 0.6 is 12.2 Å². The maximum Gasteiger partial charge on any atom is 0.183 e. The van der Waals surface area contributed by atoms with E-state index in [4.69, 9.17) is 17.5 Å². The molecule has 4 heteroatoms. The van der Waals surface area contributed by atoms with Gasteiger partial charge in [-0.3, -0.25) is 5.32 Å². The predicted octanol–water partition coefficient (Wildman–Crippen LogP) is 1.12. The molecule has 0 spiro atoms. The van der Waals surface area contributed by atoms with Gasteiger partial charge >= 0.3 is 0 Å². The Kier molecular flexibility index (Phi) is 3.83. The summed E-state index contributed by atoms with van der Waals surface area (Å²) in [6.07, 6.45) is 2.72. The third-order valence-electron chi connectivity index (χ3n) is 1.51. The molecule has 2 N–H and O–H groups in total. The normalized spacial score (nSPS) is 10.0. The highest BCUT2D eigenvalue weighted by Gasteiger charge is 2.14. The quantitative estimate of drug-likeness (QED) is 0.371. The van der Waals surface area contributed by atoms with Crippen molar-refractivity contribution in [2.45, 2.75) is 32.7 Å². The second-order valence-electron chi connectivity index (χ2n) is 2.93. The van der Waals surface area contributed by atoms with Crippen LogP contribution in [0, 0.1) is 11.5 Å². The molecule has 0 saturated heterocycles. The van der Waals surface area contributed by atoms with E-state index in [0.29, 0.717) is 5.11 Å². The molecule has 0 atom stereocenters. The fourth-order valence-electron chi connectivity index (χ4n) is 0.478. The van der Waals surface area contributed by atoms with Gasteiger partial charge in [0.2, 0.25) is 0 Å². The van der Waals surface area contributed by atoms with Crippen molar-refractivity contribution in [2.24, 2.45) is 0 Å². The smallest absolute Gasteiger partial charge is 0.183 e. The highest BCUT2D eigenvalue weighted by Crippen LogP contribution is 2.05. The monoisotopic (exact) mass is 171 g/mol. The molecule has 62 valence electrons. The van der Waals surface area contributed by atoms with Crippen molar-refractivity contribution in [1.82, 2.24) is 10.6 Å². The molecule has 0 aliphatic heterocycles. The Morgan fingerprint density at radius 3 is 2.55 bits per heavy atom. The number of nitrogens with zero attached hydrogens (tertiary/aromatic N) is 1. The lowest BCUT2D eigenvalue weighted by molar-refractivity contribution is 0.444. The van der Waals surface area contributed by atoms with E-state index in [2.05, 4.69) is 17.6 Å². The van der Waals surface area contributed by atoms with Crippen LogP contribution in [0.15, 0.2) is 0 Å². The number of hydrogen-bond donors (Lipinski definition) is 2. The molecular formula is C7H13N3S.